The first-order valence-electron chi connectivity index (χ1n) is 9.74. The molecule has 0 heterocycles. The summed E-state index contributed by atoms with van der Waals surface area (Å²) in [6.07, 6.45) is -2.43. The zero-order valence-corrected chi connectivity index (χ0v) is 16.9. The van der Waals surface area contributed by atoms with Crippen molar-refractivity contribution in [3.63, 3.8) is 0 Å². The normalized spacial score (nSPS) is 12.3. The highest BCUT2D eigenvalue weighted by molar-refractivity contribution is 5.73. The van der Waals surface area contributed by atoms with E-state index >= 15 is 0 Å². The Bertz CT molecular complexity index is 830. The van der Waals surface area contributed by atoms with E-state index in [1.165, 1.54) is 0 Å². The molecule has 2 atom stereocenters. The smallest absolute Gasteiger partial charge is 0.480 e. The third-order valence-corrected chi connectivity index (χ3v) is 4.24. The van der Waals surface area contributed by atoms with Gasteiger partial charge in [-0.2, -0.15) is 0 Å². The number of hydrogen-bond donors (Lipinski definition) is 3. The van der Waals surface area contributed by atoms with Crippen LogP contribution in [0, 0.1) is 0 Å². The first-order chi connectivity index (χ1) is 14.9. The highest BCUT2D eigenvalue weighted by atomic mass is 16.7. The molecule has 0 aliphatic carbocycles. The number of carboxylic acid groups (broad SMARTS) is 1. The molecule has 0 aromatic heterocycles. The molecule has 0 fully saturated rings. The summed E-state index contributed by atoms with van der Waals surface area (Å²) >= 11 is 0. The fourth-order valence-corrected chi connectivity index (χ4v) is 2.60. The molecule has 9 nitrogen and oxygen atoms in total. The molecular weight excluding hydrogens is 404 g/mol. The van der Waals surface area contributed by atoms with Gasteiger partial charge in [0.1, 0.15) is 25.4 Å². The monoisotopic (exact) mass is 430 g/mol. The number of carbonyl (C=O) groups excluding carboxylic acids is 2. The summed E-state index contributed by atoms with van der Waals surface area (Å²) in [6, 6.07) is 17.0. The van der Waals surface area contributed by atoms with Gasteiger partial charge in [0.05, 0.1) is 0 Å². The van der Waals surface area contributed by atoms with Gasteiger partial charge in [-0.25, -0.2) is 9.59 Å². The van der Waals surface area contributed by atoms with E-state index in [0.717, 1.165) is 11.1 Å². The molecule has 2 aromatic rings. The van der Waals surface area contributed by atoms with Crippen LogP contribution in [0.4, 0.5) is 9.59 Å². The minimum atomic E-state index is -1.23. The lowest BCUT2D eigenvalue weighted by atomic mass is 10.1. The Hall–Kier alpha value is -3.59. The molecule has 166 valence electrons. The number of nitrogens with two attached hydrogens (primary N) is 1. The Kier molecular flexibility index (Phi) is 9.83. The van der Waals surface area contributed by atoms with Crippen LogP contribution in [0.25, 0.3) is 0 Å². The van der Waals surface area contributed by atoms with Crippen LogP contribution in [0.5, 0.6) is 0 Å². The van der Waals surface area contributed by atoms with Gasteiger partial charge >= 0.3 is 18.2 Å². The Morgan fingerprint density at radius 3 is 2.00 bits per heavy atom. The van der Waals surface area contributed by atoms with Crippen LogP contribution in [0.1, 0.15) is 24.0 Å². The Labute approximate surface area is 180 Å². The van der Waals surface area contributed by atoms with E-state index < -0.39 is 30.4 Å². The van der Waals surface area contributed by atoms with E-state index in [2.05, 4.69) is 5.32 Å². The van der Waals surface area contributed by atoms with Gasteiger partial charge in [-0.05, 0) is 11.1 Å². The first-order valence-corrected chi connectivity index (χ1v) is 9.74. The van der Waals surface area contributed by atoms with Gasteiger partial charge in [0, 0.05) is 19.4 Å². The predicted molar refractivity (Wildman–Crippen MR) is 111 cm³/mol. The maximum absolute atomic E-state index is 12.0. The van der Waals surface area contributed by atoms with Crippen molar-refractivity contribution in [2.45, 2.75) is 38.2 Å². The van der Waals surface area contributed by atoms with Crippen LogP contribution in [-0.2, 0) is 32.2 Å². The van der Waals surface area contributed by atoms with Gasteiger partial charge in [-0.1, -0.05) is 60.7 Å². The molecule has 0 spiro atoms. The van der Waals surface area contributed by atoms with Gasteiger partial charge in [0.25, 0.3) is 0 Å². The second-order valence-electron chi connectivity index (χ2n) is 6.72. The summed E-state index contributed by atoms with van der Waals surface area (Å²) in [5.41, 5.74) is 7.18. The topological polar surface area (TPSA) is 137 Å². The van der Waals surface area contributed by atoms with Crippen molar-refractivity contribution in [1.82, 2.24) is 5.32 Å². The van der Waals surface area contributed by atoms with E-state index in [-0.39, 0.29) is 32.6 Å². The number of carbonyl (C=O) groups is 3. The fourth-order valence-electron chi connectivity index (χ4n) is 2.60. The number of carboxylic acids is 1. The molecule has 9 heteroatoms. The molecule has 2 aromatic carbocycles. The highest BCUT2D eigenvalue weighted by Gasteiger charge is 2.23. The minimum Gasteiger partial charge on any atom is -0.480 e. The molecule has 31 heavy (non-hydrogen) atoms. The summed E-state index contributed by atoms with van der Waals surface area (Å²) in [4.78, 5) is 34.9. The minimum absolute atomic E-state index is 0.0153. The number of nitrogens with one attached hydrogen (secondary N) is 1. The van der Waals surface area contributed by atoms with Crippen molar-refractivity contribution in [3.05, 3.63) is 71.8 Å². The van der Waals surface area contributed by atoms with Gasteiger partial charge in [0.2, 0.25) is 0 Å². The van der Waals surface area contributed by atoms with E-state index in [1.54, 1.807) is 24.3 Å². The molecule has 0 radical (unpaired) electrons. The van der Waals surface area contributed by atoms with Crippen molar-refractivity contribution < 1.29 is 33.7 Å². The molecular formula is C22H26N2O7. The van der Waals surface area contributed by atoms with Gasteiger partial charge < -0.3 is 30.4 Å². The van der Waals surface area contributed by atoms with Crippen molar-refractivity contribution in [2.75, 3.05) is 6.54 Å². The second-order valence-corrected chi connectivity index (χ2v) is 6.72. The summed E-state index contributed by atoms with van der Waals surface area (Å²) in [7, 11) is 0. The van der Waals surface area contributed by atoms with Crippen LogP contribution >= 0.6 is 0 Å². The number of ether oxygens (including phenoxy) is 3. The molecule has 0 aliphatic rings. The SMILES string of the molecule is NC(CC(CCNC(=O)OCc1ccccc1)OC(=O)OCc1ccccc1)C(=O)O. The maximum atomic E-state index is 12.0. The molecule has 2 rings (SSSR count). The molecule has 0 saturated carbocycles. The zero-order chi connectivity index (χ0) is 22.5. The van der Waals surface area contributed by atoms with Gasteiger partial charge in [0.15, 0.2) is 0 Å². The lowest BCUT2D eigenvalue weighted by molar-refractivity contribution is -0.139. The summed E-state index contributed by atoms with van der Waals surface area (Å²) in [5.74, 6) is -1.22. The average molecular weight is 430 g/mol. The first kappa shape index (κ1) is 23.7. The maximum Gasteiger partial charge on any atom is 0.508 e. The third-order valence-electron chi connectivity index (χ3n) is 4.24. The highest BCUT2D eigenvalue weighted by Crippen LogP contribution is 2.10. The van der Waals surface area contributed by atoms with Gasteiger partial charge in [-0.3, -0.25) is 4.79 Å². The predicted octanol–water partition coefficient (Wildman–Crippen LogP) is 2.83. The van der Waals surface area contributed by atoms with Gasteiger partial charge in [-0.15, -0.1) is 0 Å². The van der Waals surface area contributed by atoms with E-state index in [0.29, 0.717) is 0 Å². The number of rotatable bonds is 11. The van der Waals surface area contributed by atoms with Crippen LogP contribution < -0.4 is 11.1 Å². The molecule has 0 bridgehead atoms. The number of alkyl carbamates (subject to hydrolysis) is 1. The van der Waals surface area contributed by atoms with Crippen LogP contribution in [0.15, 0.2) is 60.7 Å². The zero-order valence-electron chi connectivity index (χ0n) is 16.9. The molecule has 0 aliphatic heterocycles. The lowest BCUT2D eigenvalue weighted by Crippen LogP contribution is -2.37. The number of amides is 1. The van der Waals surface area contributed by atoms with Crippen LogP contribution in [-0.4, -0.2) is 42.0 Å². The molecule has 1 amide bonds. The number of hydrogen-bond acceptors (Lipinski definition) is 7. The van der Waals surface area contributed by atoms with E-state index in [9.17, 15) is 14.4 Å². The quantitative estimate of drug-likeness (QED) is 0.463. The summed E-state index contributed by atoms with van der Waals surface area (Å²) in [5, 5.41) is 11.6. The Balaban J connectivity index is 1.77. The Morgan fingerprint density at radius 2 is 1.45 bits per heavy atom. The van der Waals surface area contributed by atoms with Crippen molar-refractivity contribution in [3.8, 4) is 0 Å². The fraction of sp³-hybridized carbons (Fsp3) is 0.318. The lowest BCUT2D eigenvalue weighted by Gasteiger charge is -2.19. The average Bonchev–Trinajstić information content (AvgIpc) is 2.77. The standard InChI is InChI=1S/C22H26N2O7/c23-19(20(25)26)13-18(31-22(28)30-15-17-9-5-2-6-10-17)11-12-24-21(27)29-14-16-7-3-1-4-8-16/h1-10,18-19H,11-15,23H2,(H,24,27)(H,25,26). The second kappa shape index (κ2) is 12.9. The third kappa shape index (κ3) is 9.64. The largest absolute Gasteiger partial charge is 0.508 e. The molecule has 2 unspecified atom stereocenters. The molecule has 4 N–H and O–H groups in total. The summed E-state index contributed by atoms with van der Waals surface area (Å²) < 4.78 is 15.4. The Morgan fingerprint density at radius 1 is 0.903 bits per heavy atom. The van der Waals surface area contributed by atoms with Crippen molar-refractivity contribution in [2.24, 2.45) is 5.73 Å². The van der Waals surface area contributed by atoms with Crippen LogP contribution in [0.3, 0.4) is 0 Å². The van der Waals surface area contributed by atoms with Crippen molar-refractivity contribution >= 4 is 18.2 Å². The number of benzene rings is 2. The van der Waals surface area contributed by atoms with Crippen molar-refractivity contribution in [1.29, 1.82) is 0 Å². The summed E-state index contributed by atoms with van der Waals surface area (Å²) in [6.45, 7) is 0.223. The number of aliphatic carboxylic acids is 1. The molecule has 0 saturated heterocycles. The van der Waals surface area contributed by atoms with E-state index in [1.807, 2.05) is 36.4 Å². The van der Waals surface area contributed by atoms with Crippen LogP contribution in [0.2, 0.25) is 0 Å². The van der Waals surface area contributed by atoms with E-state index in [4.69, 9.17) is 25.1 Å².